The zero-order valence-electron chi connectivity index (χ0n) is 17.4. The molecule has 0 unspecified atom stereocenters. The first-order chi connectivity index (χ1) is 14.0. The van der Waals surface area contributed by atoms with Crippen molar-refractivity contribution in [2.24, 2.45) is 0 Å². The molecule has 0 aliphatic rings. The highest BCUT2D eigenvalue weighted by atomic mass is 16.5. The Morgan fingerprint density at radius 2 is 1.72 bits per heavy atom. The maximum Gasteiger partial charge on any atom is 0.253 e. The van der Waals surface area contributed by atoms with Crippen LogP contribution in [0.3, 0.4) is 0 Å². The number of benzene rings is 1. The van der Waals surface area contributed by atoms with Crippen LogP contribution in [0.1, 0.15) is 33.1 Å². The van der Waals surface area contributed by atoms with Crippen LogP contribution in [0.15, 0.2) is 41.0 Å². The predicted molar refractivity (Wildman–Crippen MR) is 109 cm³/mol. The molecule has 3 rings (SSSR count). The van der Waals surface area contributed by atoms with Crippen LogP contribution in [-0.4, -0.2) is 31.8 Å². The molecule has 0 aliphatic heterocycles. The first kappa shape index (κ1) is 20.4. The van der Waals surface area contributed by atoms with Crippen molar-refractivity contribution in [2.45, 2.75) is 26.9 Å². The van der Waals surface area contributed by atoms with E-state index in [2.05, 4.69) is 9.88 Å². The number of carbonyl (C=O) groups is 1. The number of ether oxygens (including phenoxy) is 3. The Labute approximate surface area is 170 Å². The third-order valence-corrected chi connectivity index (χ3v) is 4.94. The molecule has 7 heteroatoms. The molecule has 0 aliphatic carbocycles. The van der Waals surface area contributed by atoms with Crippen LogP contribution in [0.4, 0.5) is 0 Å². The summed E-state index contributed by atoms with van der Waals surface area (Å²) in [4.78, 5) is 12.8. The fourth-order valence-electron chi connectivity index (χ4n) is 3.33. The van der Waals surface area contributed by atoms with Crippen molar-refractivity contribution < 1.29 is 23.4 Å². The second-order valence-corrected chi connectivity index (χ2v) is 6.65. The molecular formula is C22H26N2O5. The lowest BCUT2D eigenvalue weighted by molar-refractivity contribution is 0.0950. The van der Waals surface area contributed by atoms with E-state index in [0.29, 0.717) is 35.9 Å². The largest absolute Gasteiger partial charge is 0.496 e. The van der Waals surface area contributed by atoms with E-state index >= 15 is 0 Å². The number of furan rings is 1. The van der Waals surface area contributed by atoms with Crippen LogP contribution in [0.5, 0.6) is 17.2 Å². The second kappa shape index (κ2) is 8.77. The summed E-state index contributed by atoms with van der Waals surface area (Å²) in [5.41, 5.74) is 3.31. The van der Waals surface area contributed by atoms with Gasteiger partial charge in [-0.3, -0.25) is 4.79 Å². The average Bonchev–Trinajstić information content (AvgIpc) is 3.35. The second-order valence-electron chi connectivity index (χ2n) is 6.65. The van der Waals surface area contributed by atoms with Crippen LogP contribution in [-0.2, 0) is 13.1 Å². The third-order valence-electron chi connectivity index (χ3n) is 4.94. The normalized spacial score (nSPS) is 10.7. The minimum Gasteiger partial charge on any atom is -0.496 e. The van der Waals surface area contributed by atoms with E-state index in [-0.39, 0.29) is 5.91 Å². The van der Waals surface area contributed by atoms with Crippen LogP contribution in [0, 0.1) is 13.8 Å². The lowest BCUT2D eigenvalue weighted by Gasteiger charge is -2.14. The summed E-state index contributed by atoms with van der Waals surface area (Å²) in [6, 6.07) is 9.21. The van der Waals surface area contributed by atoms with Gasteiger partial charge in [0.05, 0.1) is 39.7 Å². The van der Waals surface area contributed by atoms with E-state index in [1.165, 1.54) is 0 Å². The van der Waals surface area contributed by atoms with Crippen molar-refractivity contribution in [3.8, 4) is 17.2 Å². The van der Waals surface area contributed by atoms with E-state index in [9.17, 15) is 4.79 Å². The number of nitrogens with one attached hydrogen (secondary N) is 1. The van der Waals surface area contributed by atoms with Gasteiger partial charge in [0, 0.05) is 29.6 Å². The first-order valence-corrected chi connectivity index (χ1v) is 9.24. The van der Waals surface area contributed by atoms with Gasteiger partial charge in [-0.15, -0.1) is 0 Å². The SMILES string of the molecule is COc1cc(OC)c(OC)cc1CNC(=O)c1cc(C)n(Cc2ccco2)c1C. The van der Waals surface area contributed by atoms with Gasteiger partial charge < -0.3 is 28.5 Å². The fourth-order valence-corrected chi connectivity index (χ4v) is 3.33. The summed E-state index contributed by atoms with van der Waals surface area (Å²) in [6.45, 7) is 4.79. The van der Waals surface area contributed by atoms with Crippen molar-refractivity contribution >= 4 is 5.91 Å². The molecule has 0 radical (unpaired) electrons. The smallest absolute Gasteiger partial charge is 0.253 e. The van der Waals surface area contributed by atoms with Crippen LogP contribution in [0.2, 0.25) is 0 Å². The molecule has 0 fully saturated rings. The lowest BCUT2D eigenvalue weighted by Crippen LogP contribution is -2.23. The van der Waals surface area contributed by atoms with Gasteiger partial charge >= 0.3 is 0 Å². The lowest BCUT2D eigenvalue weighted by atomic mass is 10.1. The van der Waals surface area contributed by atoms with Gasteiger partial charge in [0.15, 0.2) is 11.5 Å². The number of nitrogens with zero attached hydrogens (tertiary/aromatic N) is 1. The molecule has 2 heterocycles. The van der Waals surface area contributed by atoms with Gasteiger partial charge in [0.25, 0.3) is 5.91 Å². The molecule has 0 atom stereocenters. The van der Waals surface area contributed by atoms with Crippen LogP contribution >= 0.6 is 0 Å². The number of hydrogen-bond acceptors (Lipinski definition) is 5. The molecule has 3 aromatic rings. The van der Waals surface area contributed by atoms with Crippen LogP contribution < -0.4 is 19.5 Å². The zero-order valence-corrected chi connectivity index (χ0v) is 17.4. The van der Waals surface area contributed by atoms with E-state index in [1.807, 2.05) is 32.0 Å². The minimum absolute atomic E-state index is 0.152. The highest BCUT2D eigenvalue weighted by Crippen LogP contribution is 2.34. The molecular weight excluding hydrogens is 372 g/mol. The van der Waals surface area contributed by atoms with Crippen molar-refractivity contribution in [1.29, 1.82) is 0 Å². The van der Waals surface area contributed by atoms with Crippen molar-refractivity contribution in [1.82, 2.24) is 9.88 Å². The topological polar surface area (TPSA) is 74.9 Å². The summed E-state index contributed by atoms with van der Waals surface area (Å²) in [5, 5.41) is 2.97. The summed E-state index contributed by atoms with van der Waals surface area (Å²) in [6.07, 6.45) is 1.65. The molecule has 0 saturated carbocycles. The Hall–Kier alpha value is -3.35. The van der Waals surface area contributed by atoms with Crippen molar-refractivity contribution in [3.63, 3.8) is 0 Å². The Bertz CT molecular complexity index is 989. The molecule has 1 amide bonds. The molecule has 7 nitrogen and oxygen atoms in total. The predicted octanol–water partition coefficient (Wildman–Crippen LogP) is 3.70. The summed E-state index contributed by atoms with van der Waals surface area (Å²) < 4.78 is 23.6. The number of rotatable bonds is 8. The fraction of sp³-hybridized carbons (Fsp3) is 0.318. The maximum absolute atomic E-state index is 12.8. The minimum atomic E-state index is -0.152. The zero-order chi connectivity index (χ0) is 21.0. The Morgan fingerprint density at radius 3 is 2.34 bits per heavy atom. The molecule has 29 heavy (non-hydrogen) atoms. The third kappa shape index (κ3) is 4.23. The summed E-state index contributed by atoms with van der Waals surface area (Å²) >= 11 is 0. The molecule has 154 valence electrons. The van der Waals surface area contributed by atoms with Gasteiger partial charge in [-0.05, 0) is 38.1 Å². The standard InChI is InChI=1S/C22H26N2O5/c1-14-9-18(15(2)24(14)13-17-7-6-8-29-17)22(25)23-12-16-10-20(27-4)21(28-5)11-19(16)26-3/h6-11H,12-13H2,1-5H3,(H,23,25). The molecule has 1 N–H and O–H groups in total. The van der Waals surface area contributed by atoms with Crippen molar-refractivity contribution in [3.05, 3.63) is 64.9 Å². The van der Waals surface area contributed by atoms with Crippen LogP contribution in [0.25, 0.3) is 0 Å². The molecule has 1 aromatic carbocycles. The van der Waals surface area contributed by atoms with E-state index in [4.69, 9.17) is 18.6 Å². The Morgan fingerprint density at radius 1 is 1.03 bits per heavy atom. The highest BCUT2D eigenvalue weighted by molar-refractivity contribution is 5.95. The number of aromatic nitrogens is 1. The van der Waals surface area contributed by atoms with E-state index in [1.54, 1.807) is 39.7 Å². The van der Waals surface area contributed by atoms with E-state index in [0.717, 1.165) is 22.7 Å². The van der Waals surface area contributed by atoms with Gasteiger partial charge in [-0.25, -0.2) is 0 Å². The van der Waals surface area contributed by atoms with Gasteiger partial charge in [-0.1, -0.05) is 0 Å². The number of aryl methyl sites for hydroxylation is 1. The first-order valence-electron chi connectivity index (χ1n) is 9.24. The van der Waals surface area contributed by atoms with Gasteiger partial charge in [0.1, 0.15) is 11.5 Å². The number of hydrogen-bond donors (Lipinski definition) is 1. The van der Waals surface area contributed by atoms with Gasteiger partial charge in [-0.2, -0.15) is 0 Å². The molecule has 2 aromatic heterocycles. The maximum atomic E-state index is 12.8. The number of amides is 1. The van der Waals surface area contributed by atoms with E-state index < -0.39 is 0 Å². The highest BCUT2D eigenvalue weighted by Gasteiger charge is 2.18. The Kier molecular flexibility index (Phi) is 6.16. The monoisotopic (exact) mass is 398 g/mol. The summed E-state index contributed by atoms with van der Waals surface area (Å²) in [7, 11) is 4.71. The molecule has 0 spiro atoms. The van der Waals surface area contributed by atoms with Gasteiger partial charge in [0.2, 0.25) is 0 Å². The summed E-state index contributed by atoms with van der Waals surface area (Å²) in [5.74, 6) is 2.45. The van der Waals surface area contributed by atoms with Crippen molar-refractivity contribution in [2.75, 3.05) is 21.3 Å². The molecule has 0 saturated heterocycles. The number of methoxy groups -OCH3 is 3. The molecule has 0 bridgehead atoms. The quantitative estimate of drug-likeness (QED) is 0.626. The number of carbonyl (C=O) groups excluding carboxylic acids is 1. The Balaban J connectivity index is 1.78. The average molecular weight is 398 g/mol.